The van der Waals surface area contributed by atoms with Crippen LogP contribution in [0.15, 0.2) is 24.3 Å². The fraction of sp³-hybridized carbons (Fsp3) is 0.741. The van der Waals surface area contributed by atoms with Crippen LogP contribution in [0.5, 0.6) is 0 Å². The first kappa shape index (κ1) is 24.9. The van der Waals surface area contributed by atoms with E-state index in [1.807, 2.05) is 30.0 Å². The van der Waals surface area contributed by atoms with Crippen LogP contribution in [0.2, 0.25) is 0 Å². The summed E-state index contributed by atoms with van der Waals surface area (Å²) >= 11 is 0. The van der Waals surface area contributed by atoms with Crippen molar-refractivity contribution < 1.29 is 24.1 Å². The third-order valence-electron chi connectivity index (χ3n) is 9.43. The van der Waals surface area contributed by atoms with Gasteiger partial charge in [0.25, 0.3) is 0 Å². The summed E-state index contributed by atoms with van der Waals surface area (Å²) in [4.78, 5) is 19.7. The standard InChI is InChI=1S/C27H40FN3O4/c1-29(2)27(21-5-3-6-22(28)17-21)11-9-24(10-12-27)18-30(19-26(34)13-15-35-16-14-26)23(32)31(24)20-25(33)7-4-8-25/h3,5-6,17,33-34H,4,7-16,18-20H2,1-2H3. The lowest BCUT2D eigenvalue weighted by molar-refractivity contribution is -0.0745. The molecular formula is C27H40FN3O4. The third kappa shape index (κ3) is 4.47. The Bertz CT molecular complexity index is 936. The van der Waals surface area contributed by atoms with Crippen molar-refractivity contribution >= 4 is 6.03 Å². The van der Waals surface area contributed by atoms with Gasteiger partial charge in [-0.2, -0.15) is 0 Å². The Morgan fingerprint density at radius 3 is 2.20 bits per heavy atom. The molecule has 0 atom stereocenters. The molecule has 194 valence electrons. The lowest BCUT2D eigenvalue weighted by atomic mass is 9.67. The molecule has 5 rings (SSSR count). The van der Waals surface area contributed by atoms with Crippen LogP contribution in [-0.2, 0) is 10.3 Å². The average Bonchev–Trinajstić information content (AvgIpc) is 3.04. The Labute approximate surface area is 207 Å². The Morgan fingerprint density at radius 2 is 1.63 bits per heavy atom. The number of amides is 2. The summed E-state index contributed by atoms with van der Waals surface area (Å²) in [5, 5.41) is 22.2. The first-order valence-corrected chi connectivity index (χ1v) is 13.1. The molecule has 4 aliphatic rings. The number of β-amino-alcohol motifs (C(OH)–C–C–N with tert-alkyl or cyclic N) is 2. The number of rotatable bonds is 6. The van der Waals surface area contributed by atoms with Crippen LogP contribution < -0.4 is 0 Å². The molecule has 7 nitrogen and oxygen atoms in total. The lowest BCUT2D eigenvalue weighted by Crippen LogP contribution is -2.59. The van der Waals surface area contributed by atoms with Crippen LogP contribution in [-0.4, -0.2) is 94.6 Å². The van der Waals surface area contributed by atoms with Crippen LogP contribution in [0.4, 0.5) is 9.18 Å². The SMILES string of the molecule is CN(C)C1(c2cccc(F)c2)CCC2(CC1)CN(CC1(O)CCOCC1)C(=O)N2CC1(O)CCC1. The summed E-state index contributed by atoms with van der Waals surface area (Å²) in [6.07, 6.45) is 6.59. The van der Waals surface area contributed by atoms with Crippen molar-refractivity contribution in [1.29, 1.82) is 0 Å². The van der Waals surface area contributed by atoms with E-state index in [2.05, 4.69) is 4.90 Å². The number of halogens is 1. The molecule has 2 aliphatic heterocycles. The maximum Gasteiger partial charge on any atom is 0.320 e. The normalized spacial score (nSPS) is 32.3. The number of nitrogens with zero attached hydrogens (tertiary/aromatic N) is 3. The van der Waals surface area contributed by atoms with Gasteiger partial charge < -0.3 is 24.7 Å². The number of carbonyl (C=O) groups excluding carboxylic acids is 1. The molecule has 1 spiro atoms. The molecule has 2 saturated heterocycles. The molecule has 2 amide bonds. The van der Waals surface area contributed by atoms with E-state index in [0.29, 0.717) is 45.7 Å². The molecule has 0 unspecified atom stereocenters. The Hall–Kier alpha value is -1.74. The number of carbonyl (C=O) groups is 1. The minimum absolute atomic E-state index is 0.0756. The van der Waals surface area contributed by atoms with Gasteiger partial charge in [-0.15, -0.1) is 0 Å². The van der Waals surface area contributed by atoms with Gasteiger partial charge in [-0.1, -0.05) is 12.1 Å². The number of ether oxygens (including phenoxy) is 1. The summed E-state index contributed by atoms with van der Waals surface area (Å²) in [5.74, 6) is -0.232. The zero-order valence-electron chi connectivity index (χ0n) is 21.1. The largest absolute Gasteiger partial charge is 0.388 e. The Balaban J connectivity index is 1.41. The molecule has 2 heterocycles. The minimum atomic E-state index is -0.928. The summed E-state index contributed by atoms with van der Waals surface area (Å²) in [6.45, 7) is 2.21. The molecule has 4 fully saturated rings. The van der Waals surface area contributed by atoms with Crippen LogP contribution in [0, 0.1) is 5.82 Å². The minimum Gasteiger partial charge on any atom is -0.388 e. The number of hydrogen-bond donors (Lipinski definition) is 2. The zero-order chi connectivity index (χ0) is 24.9. The molecule has 2 N–H and O–H groups in total. The van der Waals surface area contributed by atoms with Gasteiger partial charge in [-0.05, 0) is 76.7 Å². The summed E-state index contributed by atoms with van der Waals surface area (Å²) in [5.41, 5.74) is -1.47. The van der Waals surface area contributed by atoms with E-state index in [0.717, 1.165) is 50.5 Å². The number of aliphatic hydroxyl groups is 2. The quantitative estimate of drug-likeness (QED) is 0.642. The van der Waals surface area contributed by atoms with Gasteiger partial charge in [-0.3, -0.25) is 4.90 Å². The van der Waals surface area contributed by atoms with Crippen molar-refractivity contribution in [3.05, 3.63) is 35.6 Å². The predicted molar refractivity (Wildman–Crippen MR) is 130 cm³/mol. The van der Waals surface area contributed by atoms with Crippen LogP contribution in [0.3, 0.4) is 0 Å². The maximum atomic E-state index is 14.2. The van der Waals surface area contributed by atoms with E-state index >= 15 is 0 Å². The van der Waals surface area contributed by atoms with Crippen LogP contribution in [0.25, 0.3) is 0 Å². The molecule has 35 heavy (non-hydrogen) atoms. The highest BCUT2D eigenvalue weighted by molar-refractivity contribution is 5.78. The fourth-order valence-corrected chi connectivity index (χ4v) is 6.87. The smallest absolute Gasteiger partial charge is 0.320 e. The van der Waals surface area contributed by atoms with E-state index in [4.69, 9.17) is 4.74 Å². The van der Waals surface area contributed by atoms with Gasteiger partial charge >= 0.3 is 6.03 Å². The van der Waals surface area contributed by atoms with Gasteiger partial charge in [0, 0.05) is 38.1 Å². The van der Waals surface area contributed by atoms with Gasteiger partial charge in [0.1, 0.15) is 5.82 Å². The van der Waals surface area contributed by atoms with E-state index < -0.39 is 16.7 Å². The van der Waals surface area contributed by atoms with Gasteiger partial charge in [0.15, 0.2) is 0 Å². The van der Waals surface area contributed by atoms with E-state index in [-0.39, 0.29) is 17.4 Å². The van der Waals surface area contributed by atoms with E-state index in [1.54, 1.807) is 12.1 Å². The summed E-state index contributed by atoms with van der Waals surface area (Å²) in [7, 11) is 4.09. The molecule has 8 heteroatoms. The zero-order valence-corrected chi connectivity index (χ0v) is 21.1. The molecule has 0 radical (unpaired) electrons. The molecule has 2 aliphatic carbocycles. The van der Waals surface area contributed by atoms with Crippen molar-refractivity contribution in [2.24, 2.45) is 0 Å². The van der Waals surface area contributed by atoms with Gasteiger partial charge in [0.2, 0.25) is 0 Å². The Morgan fingerprint density at radius 1 is 0.971 bits per heavy atom. The number of hydrogen-bond acceptors (Lipinski definition) is 5. The van der Waals surface area contributed by atoms with Gasteiger partial charge in [-0.25, -0.2) is 9.18 Å². The van der Waals surface area contributed by atoms with E-state index in [9.17, 15) is 19.4 Å². The van der Waals surface area contributed by atoms with Crippen LogP contribution in [0.1, 0.15) is 63.4 Å². The second kappa shape index (κ2) is 8.98. The average molecular weight is 490 g/mol. The van der Waals surface area contributed by atoms with Crippen LogP contribution >= 0.6 is 0 Å². The first-order chi connectivity index (χ1) is 16.6. The van der Waals surface area contributed by atoms with Crippen molar-refractivity contribution in [3.63, 3.8) is 0 Å². The molecule has 0 aromatic heterocycles. The van der Waals surface area contributed by atoms with E-state index in [1.165, 1.54) is 6.07 Å². The fourth-order valence-electron chi connectivity index (χ4n) is 6.87. The highest BCUT2D eigenvalue weighted by Crippen LogP contribution is 2.50. The topological polar surface area (TPSA) is 76.5 Å². The van der Waals surface area contributed by atoms with Crippen molar-refractivity contribution in [3.8, 4) is 0 Å². The highest BCUT2D eigenvalue weighted by Gasteiger charge is 2.57. The monoisotopic (exact) mass is 489 g/mol. The Kier molecular flexibility index (Phi) is 6.39. The number of urea groups is 1. The predicted octanol–water partition coefficient (Wildman–Crippen LogP) is 3.09. The van der Waals surface area contributed by atoms with Crippen molar-refractivity contribution in [2.45, 2.75) is 80.1 Å². The summed E-state index contributed by atoms with van der Waals surface area (Å²) in [6, 6.07) is 6.82. The third-order valence-corrected chi connectivity index (χ3v) is 9.43. The molecular weight excluding hydrogens is 449 g/mol. The molecule has 1 aromatic carbocycles. The lowest BCUT2D eigenvalue weighted by Gasteiger charge is -2.52. The van der Waals surface area contributed by atoms with Crippen molar-refractivity contribution in [2.75, 3.05) is 46.9 Å². The number of benzene rings is 1. The molecule has 0 bridgehead atoms. The maximum absolute atomic E-state index is 14.2. The van der Waals surface area contributed by atoms with Crippen molar-refractivity contribution in [1.82, 2.24) is 14.7 Å². The second-order valence-electron chi connectivity index (χ2n) is 11.8. The first-order valence-electron chi connectivity index (χ1n) is 13.1. The molecule has 1 aromatic rings. The van der Waals surface area contributed by atoms with Gasteiger partial charge in [0.05, 0.1) is 29.8 Å². The second-order valence-corrected chi connectivity index (χ2v) is 11.8. The highest BCUT2D eigenvalue weighted by atomic mass is 19.1. The molecule has 2 saturated carbocycles. The summed E-state index contributed by atoms with van der Waals surface area (Å²) < 4.78 is 19.6.